The molecule has 1 saturated heterocycles. The molecule has 104 valence electrons. The second-order valence-electron chi connectivity index (χ2n) is 5.58. The average Bonchev–Trinajstić information content (AvgIpc) is 2.52. The maximum atomic E-state index is 10.9. The zero-order chi connectivity index (χ0) is 14.0. The molecule has 2 atom stereocenters. The topological polar surface area (TPSA) is 66.8 Å². The van der Waals surface area contributed by atoms with Gasteiger partial charge in [-0.2, -0.15) is 0 Å². The Morgan fingerprint density at radius 1 is 1.47 bits per heavy atom. The average molecular weight is 264 g/mol. The molecule has 1 aromatic rings. The van der Waals surface area contributed by atoms with Crippen LogP contribution in [0.2, 0.25) is 0 Å². The van der Waals surface area contributed by atoms with Crippen molar-refractivity contribution in [2.45, 2.75) is 38.7 Å². The van der Waals surface area contributed by atoms with Crippen LogP contribution in [-0.2, 0) is 10.3 Å². The summed E-state index contributed by atoms with van der Waals surface area (Å²) in [6.07, 6.45) is 2.98. The molecule has 1 fully saturated rings. The van der Waals surface area contributed by atoms with Crippen molar-refractivity contribution in [1.29, 1.82) is 0 Å². The van der Waals surface area contributed by atoms with Gasteiger partial charge in [-0.05, 0) is 44.2 Å². The molecule has 2 rings (SSSR count). The van der Waals surface area contributed by atoms with E-state index >= 15 is 0 Å². The second-order valence-corrected chi connectivity index (χ2v) is 5.58. The number of aromatic carboxylic acids is 1. The van der Waals surface area contributed by atoms with E-state index < -0.39 is 11.6 Å². The molecule has 4 nitrogen and oxygen atoms in total. The Balaban J connectivity index is 2.32. The van der Waals surface area contributed by atoms with Crippen molar-refractivity contribution in [3.63, 3.8) is 0 Å². The standard InChI is InChI=1S/C15H20O4/c1-10-4-3-7-15(2,19-9-10)12-6-5-11(14(17)18)8-13(12)16/h5-6,8,10,16H,3-4,7,9H2,1-2H3,(H,17,18)/t10-,15+/m0/s1. The molecule has 2 N–H and O–H groups in total. The molecule has 1 heterocycles. The van der Waals surface area contributed by atoms with Crippen LogP contribution in [0.5, 0.6) is 5.75 Å². The first-order chi connectivity index (χ1) is 8.92. The third kappa shape index (κ3) is 2.89. The summed E-state index contributed by atoms with van der Waals surface area (Å²) in [5.74, 6) is -0.526. The van der Waals surface area contributed by atoms with Crippen LogP contribution in [0.4, 0.5) is 0 Å². The smallest absolute Gasteiger partial charge is 0.335 e. The van der Waals surface area contributed by atoms with E-state index in [-0.39, 0.29) is 11.3 Å². The van der Waals surface area contributed by atoms with E-state index in [0.29, 0.717) is 18.1 Å². The fourth-order valence-electron chi connectivity index (χ4n) is 2.59. The first-order valence-corrected chi connectivity index (χ1v) is 6.63. The third-order valence-electron chi connectivity index (χ3n) is 3.85. The van der Waals surface area contributed by atoms with Gasteiger partial charge in [0.05, 0.1) is 17.8 Å². The molecule has 0 unspecified atom stereocenters. The van der Waals surface area contributed by atoms with E-state index in [9.17, 15) is 9.90 Å². The van der Waals surface area contributed by atoms with Crippen LogP contribution in [-0.4, -0.2) is 22.8 Å². The van der Waals surface area contributed by atoms with Crippen LogP contribution in [0.15, 0.2) is 18.2 Å². The van der Waals surface area contributed by atoms with Crippen molar-refractivity contribution in [3.05, 3.63) is 29.3 Å². The Morgan fingerprint density at radius 2 is 2.21 bits per heavy atom. The number of phenols is 1. The van der Waals surface area contributed by atoms with Gasteiger partial charge in [0, 0.05) is 5.56 Å². The van der Waals surface area contributed by atoms with Gasteiger partial charge in [-0.1, -0.05) is 13.0 Å². The normalized spacial score (nSPS) is 27.8. The Morgan fingerprint density at radius 3 is 2.84 bits per heavy atom. The molecule has 0 aliphatic carbocycles. The first kappa shape index (κ1) is 13.9. The number of phenolic OH excluding ortho intramolecular Hbond substituents is 1. The van der Waals surface area contributed by atoms with Gasteiger partial charge in [0.2, 0.25) is 0 Å². The van der Waals surface area contributed by atoms with Gasteiger partial charge < -0.3 is 14.9 Å². The van der Waals surface area contributed by atoms with E-state index in [1.54, 1.807) is 6.07 Å². The fraction of sp³-hybridized carbons (Fsp3) is 0.533. The zero-order valence-electron chi connectivity index (χ0n) is 11.3. The van der Waals surface area contributed by atoms with Crippen LogP contribution in [0.1, 0.15) is 49.0 Å². The molecule has 1 aliphatic heterocycles. The second kappa shape index (κ2) is 5.21. The van der Waals surface area contributed by atoms with Gasteiger partial charge in [0.15, 0.2) is 0 Å². The highest BCUT2D eigenvalue weighted by Gasteiger charge is 2.33. The molecule has 0 spiro atoms. The lowest BCUT2D eigenvalue weighted by Gasteiger charge is -2.29. The monoisotopic (exact) mass is 264 g/mol. The van der Waals surface area contributed by atoms with Crippen LogP contribution >= 0.6 is 0 Å². The number of ether oxygens (including phenoxy) is 1. The van der Waals surface area contributed by atoms with E-state index in [0.717, 1.165) is 19.3 Å². The molecule has 1 aromatic carbocycles. The summed E-state index contributed by atoms with van der Waals surface area (Å²) in [7, 11) is 0. The number of carboxylic acid groups (broad SMARTS) is 1. The molecule has 0 bridgehead atoms. The van der Waals surface area contributed by atoms with Crippen LogP contribution in [0.25, 0.3) is 0 Å². The van der Waals surface area contributed by atoms with Crippen molar-refractivity contribution in [2.24, 2.45) is 5.92 Å². The van der Waals surface area contributed by atoms with Gasteiger partial charge in [0.1, 0.15) is 5.75 Å². The number of hydrogen-bond donors (Lipinski definition) is 2. The van der Waals surface area contributed by atoms with E-state index in [2.05, 4.69) is 6.92 Å². The van der Waals surface area contributed by atoms with Crippen molar-refractivity contribution in [3.8, 4) is 5.75 Å². The molecule has 0 aromatic heterocycles. The highest BCUT2D eigenvalue weighted by atomic mass is 16.5. The number of carboxylic acids is 1. The fourth-order valence-corrected chi connectivity index (χ4v) is 2.59. The minimum absolute atomic E-state index is 0.00282. The van der Waals surface area contributed by atoms with Crippen molar-refractivity contribution in [1.82, 2.24) is 0 Å². The summed E-state index contributed by atoms with van der Waals surface area (Å²) < 4.78 is 5.96. The first-order valence-electron chi connectivity index (χ1n) is 6.63. The van der Waals surface area contributed by atoms with Gasteiger partial charge in [0.25, 0.3) is 0 Å². The molecule has 19 heavy (non-hydrogen) atoms. The van der Waals surface area contributed by atoms with E-state index in [1.165, 1.54) is 12.1 Å². The maximum Gasteiger partial charge on any atom is 0.335 e. The van der Waals surface area contributed by atoms with Crippen molar-refractivity contribution in [2.75, 3.05) is 6.61 Å². The van der Waals surface area contributed by atoms with E-state index in [4.69, 9.17) is 9.84 Å². The number of hydrogen-bond acceptors (Lipinski definition) is 3. The SMILES string of the molecule is C[C@H]1CCC[C@](C)(c2ccc(C(=O)O)cc2O)OC1. The highest BCUT2D eigenvalue weighted by Crippen LogP contribution is 2.39. The van der Waals surface area contributed by atoms with Crippen LogP contribution < -0.4 is 0 Å². The van der Waals surface area contributed by atoms with Gasteiger partial charge in [-0.25, -0.2) is 4.79 Å². The van der Waals surface area contributed by atoms with E-state index in [1.807, 2.05) is 6.92 Å². The summed E-state index contributed by atoms with van der Waals surface area (Å²) in [4.78, 5) is 10.9. The number of carbonyl (C=O) groups is 1. The molecule has 4 heteroatoms. The quantitative estimate of drug-likeness (QED) is 0.861. The Bertz CT molecular complexity index is 483. The number of benzene rings is 1. The molecule has 0 amide bonds. The summed E-state index contributed by atoms with van der Waals surface area (Å²) in [6.45, 7) is 4.77. The molecule has 0 radical (unpaired) electrons. The third-order valence-corrected chi connectivity index (χ3v) is 3.85. The molecule has 0 saturated carbocycles. The summed E-state index contributed by atoms with van der Waals surface area (Å²) in [5, 5.41) is 19.0. The summed E-state index contributed by atoms with van der Waals surface area (Å²) in [5.41, 5.74) is 0.227. The molecule has 1 aliphatic rings. The largest absolute Gasteiger partial charge is 0.508 e. The maximum absolute atomic E-state index is 10.9. The lowest BCUT2D eigenvalue weighted by Crippen LogP contribution is -2.26. The molecular formula is C15H20O4. The Labute approximate surface area is 113 Å². The number of rotatable bonds is 2. The van der Waals surface area contributed by atoms with Crippen LogP contribution in [0.3, 0.4) is 0 Å². The molecular weight excluding hydrogens is 244 g/mol. The van der Waals surface area contributed by atoms with Crippen molar-refractivity contribution < 1.29 is 19.7 Å². The summed E-state index contributed by atoms with van der Waals surface area (Å²) >= 11 is 0. The number of aromatic hydroxyl groups is 1. The zero-order valence-corrected chi connectivity index (χ0v) is 11.3. The van der Waals surface area contributed by atoms with Gasteiger partial charge >= 0.3 is 5.97 Å². The predicted octanol–water partition coefficient (Wildman–Crippen LogP) is 3.14. The highest BCUT2D eigenvalue weighted by molar-refractivity contribution is 5.88. The van der Waals surface area contributed by atoms with Gasteiger partial charge in [-0.15, -0.1) is 0 Å². The van der Waals surface area contributed by atoms with Crippen LogP contribution in [0, 0.1) is 5.92 Å². The van der Waals surface area contributed by atoms with Crippen molar-refractivity contribution >= 4 is 5.97 Å². The lowest BCUT2D eigenvalue weighted by molar-refractivity contribution is -0.0440. The lowest BCUT2D eigenvalue weighted by atomic mass is 9.89. The Kier molecular flexibility index (Phi) is 3.80. The Hall–Kier alpha value is -1.55. The predicted molar refractivity (Wildman–Crippen MR) is 71.4 cm³/mol. The minimum Gasteiger partial charge on any atom is -0.508 e. The summed E-state index contributed by atoms with van der Waals surface area (Å²) in [6, 6.07) is 4.47. The minimum atomic E-state index is -1.04. The van der Waals surface area contributed by atoms with Gasteiger partial charge in [-0.3, -0.25) is 0 Å².